The minimum atomic E-state index is -0.182. The molecule has 3 nitrogen and oxygen atoms in total. The molecule has 0 saturated heterocycles. The average molecular weight is 268 g/mol. The summed E-state index contributed by atoms with van der Waals surface area (Å²) < 4.78 is 17.9. The predicted molar refractivity (Wildman–Crippen MR) is 76.8 cm³/mol. The van der Waals surface area contributed by atoms with Crippen molar-refractivity contribution in [3.63, 3.8) is 0 Å². The number of rotatable bonds is 9. The van der Waals surface area contributed by atoms with E-state index in [9.17, 15) is 4.39 Å². The Bertz CT molecular complexity index is 343. The summed E-state index contributed by atoms with van der Waals surface area (Å²) in [6.07, 6.45) is 0.993. The van der Waals surface area contributed by atoms with Crippen LogP contribution in [-0.2, 0) is 4.74 Å². The number of nitrogens with zero attached hydrogens (tertiary/aromatic N) is 1. The second-order valence-electron chi connectivity index (χ2n) is 4.76. The van der Waals surface area contributed by atoms with Gasteiger partial charge in [0.25, 0.3) is 0 Å². The molecule has 0 radical (unpaired) electrons. The SMILES string of the molecule is CCC(NCCN(C)CCOC)c1ccc(F)cc1. The van der Waals surface area contributed by atoms with E-state index in [1.807, 2.05) is 12.1 Å². The Morgan fingerprint density at radius 1 is 1.26 bits per heavy atom. The van der Waals surface area contributed by atoms with E-state index in [0.29, 0.717) is 0 Å². The van der Waals surface area contributed by atoms with E-state index in [2.05, 4.69) is 24.2 Å². The van der Waals surface area contributed by atoms with Gasteiger partial charge in [-0.1, -0.05) is 19.1 Å². The van der Waals surface area contributed by atoms with Gasteiger partial charge in [-0.3, -0.25) is 0 Å². The van der Waals surface area contributed by atoms with Gasteiger partial charge in [-0.2, -0.15) is 0 Å². The molecule has 0 fully saturated rings. The number of ether oxygens (including phenoxy) is 1. The summed E-state index contributed by atoms with van der Waals surface area (Å²) in [6.45, 7) is 5.71. The van der Waals surface area contributed by atoms with Crippen molar-refractivity contribution in [3.8, 4) is 0 Å². The minimum absolute atomic E-state index is 0.182. The minimum Gasteiger partial charge on any atom is -0.383 e. The fourth-order valence-electron chi connectivity index (χ4n) is 1.98. The lowest BCUT2D eigenvalue weighted by atomic mass is 10.0. The van der Waals surface area contributed by atoms with Gasteiger partial charge in [-0.05, 0) is 31.2 Å². The first kappa shape index (κ1) is 16.1. The summed E-state index contributed by atoms with van der Waals surface area (Å²) in [7, 11) is 3.80. The summed E-state index contributed by atoms with van der Waals surface area (Å²) in [4.78, 5) is 2.23. The van der Waals surface area contributed by atoms with Gasteiger partial charge in [0.1, 0.15) is 5.82 Å². The topological polar surface area (TPSA) is 24.5 Å². The first-order valence-corrected chi connectivity index (χ1v) is 6.83. The van der Waals surface area contributed by atoms with E-state index >= 15 is 0 Å². The van der Waals surface area contributed by atoms with E-state index in [1.54, 1.807) is 7.11 Å². The van der Waals surface area contributed by atoms with Crippen LogP contribution in [0.2, 0.25) is 0 Å². The molecule has 1 N–H and O–H groups in total. The van der Waals surface area contributed by atoms with Crippen molar-refractivity contribution in [1.82, 2.24) is 10.2 Å². The van der Waals surface area contributed by atoms with Crippen LogP contribution < -0.4 is 5.32 Å². The lowest BCUT2D eigenvalue weighted by molar-refractivity contribution is 0.161. The van der Waals surface area contributed by atoms with Crippen LogP contribution in [0.3, 0.4) is 0 Å². The van der Waals surface area contributed by atoms with E-state index in [-0.39, 0.29) is 11.9 Å². The Kier molecular flexibility index (Phi) is 7.63. The zero-order valence-corrected chi connectivity index (χ0v) is 12.2. The number of likely N-dealkylation sites (N-methyl/N-ethyl adjacent to an activating group) is 1. The third kappa shape index (κ3) is 6.14. The standard InChI is InChI=1S/C15H25FN2O/c1-4-15(13-5-7-14(16)8-6-13)17-9-10-18(2)11-12-19-3/h5-8,15,17H,4,9-12H2,1-3H3. The highest BCUT2D eigenvalue weighted by atomic mass is 19.1. The third-order valence-corrected chi connectivity index (χ3v) is 3.24. The zero-order chi connectivity index (χ0) is 14.1. The third-order valence-electron chi connectivity index (χ3n) is 3.24. The van der Waals surface area contributed by atoms with E-state index in [4.69, 9.17) is 4.74 Å². The molecule has 0 spiro atoms. The monoisotopic (exact) mass is 268 g/mol. The van der Waals surface area contributed by atoms with Crippen molar-refractivity contribution in [2.75, 3.05) is 40.4 Å². The lowest BCUT2D eigenvalue weighted by Crippen LogP contribution is -2.33. The van der Waals surface area contributed by atoms with Crippen LogP contribution in [0.5, 0.6) is 0 Å². The molecule has 1 atom stereocenters. The first-order chi connectivity index (χ1) is 9.17. The summed E-state index contributed by atoms with van der Waals surface area (Å²) in [5.41, 5.74) is 1.14. The number of methoxy groups -OCH3 is 1. The molecule has 1 unspecified atom stereocenters. The second-order valence-corrected chi connectivity index (χ2v) is 4.76. The van der Waals surface area contributed by atoms with Crippen LogP contribution in [0.1, 0.15) is 24.9 Å². The Balaban J connectivity index is 2.34. The van der Waals surface area contributed by atoms with Crippen LogP contribution in [0.15, 0.2) is 24.3 Å². The molecular formula is C15H25FN2O. The summed E-state index contributed by atoms with van der Waals surface area (Å²) in [6, 6.07) is 7.03. The molecule has 1 aromatic carbocycles. The second kappa shape index (κ2) is 9.02. The molecule has 19 heavy (non-hydrogen) atoms. The van der Waals surface area contributed by atoms with Crippen LogP contribution >= 0.6 is 0 Å². The quantitative estimate of drug-likeness (QED) is 0.744. The number of nitrogens with one attached hydrogen (secondary N) is 1. The van der Waals surface area contributed by atoms with Crippen molar-refractivity contribution >= 4 is 0 Å². The molecule has 0 aliphatic rings. The molecular weight excluding hydrogens is 243 g/mol. The van der Waals surface area contributed by atoms with Crippen molar-refractivity contribution in [3.05, 3.63) is 35.6 Å². The van der Waals surface area contributed by atoms with Crippen molar-refractivity contribution in [1.29, 1.82) is 0 Å². The maximum absolute atomic E-state index is 12.9. The number of halogens is 1. The Morgan fingerprint density at radius 3 is 2.53 bits per heavy atom. The molecule has 108 valence electrons. The molecule has 0 aliphatic carbocycles. The van der Waals surface area contributed by atoms with Gasteiger partial charge in [0.2, 0.25) is 0 Å². The van der Waals surface area contributed by atoms with Crippen molar-refractivity contribution in [2.24, 2.45) is 0 Å². The number of hydrogen-bond donors (Lipinski definition) is 1. The van der Waals surface area contributed by atoms with E-state index < -0.39 is 0 Å². The van der Waals surface area contributed by atoms with Crippen molar-refractivity contribution < 1.29 is 9.13 Å². The lowest BCUT2D eigenvalue weighted by Gasteiger charge is -2.21. The highest BCUT2D eigenvalue weighted by Crippen LogP contribution is 2.16. The molecule has 0 saturated carbocycles. The normalized spacial score (nSPS) is 12.9. The Hall–Kier alpha value is -0.970. The van der Waals surface area contributed by atoms with Gasteiger partial charge in [-0.25, -0.2) is 4.39 Å². The molecule has 0 aliphatic heterocycles. The van der Waals surface area contributed by atoms with Crippen molar-refractivity contribution in [2.45, 2.75) is 19.4 Å². The Morgan fingerprint density at radius 2 is 1.95 bits per heavy atom. The zero-order valence-electron chi connectivity index (χ0n) is 12.2. The van der Waals surface area contributed by atoms with Gasteiger partial charge < -0.3 is 15.0 Å². The number of benzene rings is 1. The van der Waals surface area contributed by atoms with E-state index in [1.165, 1.54) is 12.1 Å². The van der Waals surface area contributed by atoms with E-state index in [0.717, 1.165) is 38.2 Å². The highest BCUT2D eigenvalue weighted by molar-refractivity contribution is 5.19. The van der Waals surface area contributed by atoms with Gasteiger partial charge in [-0.15, -0.1) is 0 Å². The van der Waals surface area contributed by atoms with Gasteiger partial charge in [0.15, 0.2) is 0 Å². The molecule has 0 amide bonds. The Labute approximate surface area is 115 Å². The molecule has 4 heteroatoms. The molecule has 0 bridgehead atoms. The van der Waals surface area contributed by atoms with Gasteiger partial charge in [0, 0.05) is 32.8 Å². The summed E-state index contributed by atoms with van der Waals surface area (Å²) >= 11 is 0. The van der Waals surface area contributed by atoms with Crippen LogP contribution in [0.4, 0.5) is 4.39 Å². The molecule has 1 rings (SSSR count). The maximum Gasteiger partial charge on any atom is 0.123 e. The van der Waals surface area contributed by atoms with Crippen LogP contribution in [0, 0.1) is 5.82 Å². The maximum atomic E-state index is 12.9. The molecule has 0 aromatic heterocycles. The summed E-state index contributed by atoms with van der Waals surface area (Å²) in [5.74, 6) is -0.182. The highest BCUT2D eigenvalue weighted by Gasteiger charge is 2.08. The van der Waals surface area contributed by atoms with Gasteiger partial charge in [0.05, 0.1) is 6.61 Å². The fraction of sp³-hybridized carbons (Fsp3) is 0.600. The van der Waals surface area contributed by atoms with Gasteiger partial charge >= 0.3 is 0 Å². The summed E-state index contributed by atoms with van der Waals surface area (Å²) in [5, 5.41) is 3.51. The molecule has 0 heterocycles. The smallest absolute Gasteiger partial charge is 0.123 e. The van der Waals surface area contributed by atoms with Crippen LogP contribution in [0.25, 0.3) is 0 Å². The van der Waals surface area contributed by atoms with Crippen LogP contribution in [-0.4, -0.2) is 45.3 Å². The fourth-order valence-corrected chi connectivity index (χ4v) is 1.98. The average Bonchev–Trinajstić information content (AvgIpc) is 2.42. The number of hydrogen-bond acceptors (Lipinski definition) is 3. The largest absolute Gasteiger partial charge is 0.383 e. The first-order valence-electron chi connectivity index (χ1n) is 6.83. The predicted octanol–water partition coefficient (Wildman–Crippen LogP) is 2.44. The molecule has 1 aromatic rings.